The van der Waals surface area contributed by atoms with E-state index in [-0.39, 0.29) is 48.7 Å². The van der Waals surface area contributed by atoms with Crippen LogP contribution in [-0.2, 0) is 14.3 Å². The van der Waals surface area contributed by atoms with Gasteiger partial charge < -0.3 is 25.4 Å². The monoisotopic (exact) mass is 637 g/mol. The maximum atomic E-state index is 11.9. The Labute approximate surface area is 294 Å². The first kappa shape index (κ1) is 61.2. The largest absolute Gasteiger partial charge is 1.00 e. The topological polar surface area (TPSA) is 131 Å². The fourth-order valence-electron chi connectivity index (χ4n) is 3.66. The second-order valence-corrected chi connectivity index (χ2v) is 8.37. The first-order chi connectivity index (χ1) is 20.8. The summed E-state index contributed by atoms with van der Waals surface area (Å²) in [4.78, 5) is 27.1. The molecular weight excluding hydrogens is 567 g/mol. The first-order valence-electron chi connectivity index (χ1n) is 15.2. The molecule has 3 N–H and O–H groups in total. The minimum Gasteiger partial charge on any atom is -0.846 e. The molecule has 2 amide bonds. The molecule has 1 aliphatic heterocycles. The van der Waals surface area contributed by atoms with Gasteiger partial charge in [-0.3, -0.25) is 9.59 Å². The number of aliphatic imine (C=N–C) groups is 1. The van der Waals surface area contributed by atoms with Gasteiger partial charge in [-0.1, -0.05) is 79.6 Å². The molecule has 0 saturated carbocycles. The maximum absolute atomic E-state index is 11.9. The Bertz CT molecular complexity index is 584. The van der Waals surface area contributed by atoms with E-state index >= 15 is 0 Å². The van der Waals surface area contributed by atoms with Crippen LogP contribution in [0.2, 0.25) is 0 Å². The van der Waals surface area contributed by atoms with Crippen molar-refractivity contribution < 1.29 is 59.2 Å². The third-order valence-corrected chi connectivity index (χ3v) is 5.72. The zero-order valence-corrected chi connectivity index (χ0v) is 31.7. The molecule has 0 aliphatic carbocycles. The van der Waals surface area contributed by atoms with Crippen molar-refractivity contribution in [3.05, 3.63) is 65.8 Å². The molecule has 2 unspecified atom stereocenters. The number of amides is 2. The summed E-state index contributed by atoms with van der Waals surface area (Å²) in [6, 6.07) is -0.845. The Morgan fingerprint density at radius 3 is 1.41 bits per heavy atom. The smallest absolute Gasteiger partial charge is 0.846 e. The van der Waals surface area contributed by atoms with Crippen molar-refractivity contribution in [1.82, 2.24) is 5.32 Å². The predicted molar refractivity (Wildman–Crippen MR) is 187 cm³/mol. The normalized spacial score (nSPS) is 14.2. The quantitative estimate of drug-likeness (QED) is 0.106. The SMILES string of the molecule is C=C.C=C.C=C.C=C.C=C.CCCC(C)C1(CC)C(=O)N=C([O-])NC1=O.CCCCCCOCCCCCC.OCCO.[Na+]. The summed E-state index contributed by atoms with van der Waals surface area (Å²) in [5, 5.41) is 28.3. The number of nitrogens with one attached hydrogen (secondary N) is 1. The van der Waals surface area contributed by atoms with Gasteiger partial charge in [0.25, 0.3) is 5.91 Å². The van der Waals surface area contributed by atoms with Crippen LogP contribution >= 0.6 is 0 Å². The summed E-state index contributed by atoms with van der Waals surface area (Å²) in [5.41, 5.74) is -1.15. The van der Waals surface area contributed by atoms with Gasteiger partial charge in [-0.05, 0) is 31.6 Å². The van der Waals surface area contributed by atoms with Gasteiger partial charge in [-0.15, -0.1) is 65.8 Å². The van der Waals surface area contributed by atoms with Crippen LogP contribution in [0.25, 0.3) is 0 Å². The van der Waals surface area contributed by atoms with E-state index in [9.17, 15) is 14.7 Å². The molecule has 0 aromatic rings. The van der Waals surface area contributed by atoms with Crippen LogP contribution in [-0.4, -0.2) is 54.5 Å². The van der Waals surface area contributed by atoms with Gasteiger partial charge in [-0.2, -0.15) is 0 Å². The van der Waals surface area contributed by atoms with Crippen molar-refractivity contribution in [1.29, 1.82) is 0 Å². The molecule has 0 radical (unpaired) electrons. The van der Waals surface area contributed by atoms with E-state index in [1.165, 1.54) is 51.4 Å². The van der Waals surface area contributed by atoms with Crippen LogP contribution in [0.3, 0.4) is 0 Å². The molecular formula is C35H69N2NaO6. The van der Waals surface area contributed by atoms with Crippen molar-refractivity contribution in [3.63, 3.8) is 0 Å². The number of carbonyl (C=O) groups is 2. The Hall–Kier alpha value is -1.81. The third-order valence-electron chi connectivity index (χ3n) is 5.72. The summed E-state index contributed by atoms with van der Waals surface area (Å²) in [6.07, 6.45) is 12.6. The molecule has 0 saturated heterocycles. The van der Waals surface area contributed by atoms with Crippen LogP contribution in [0, 0.1) is 11.3 Å². The Kier molecular flexibility index (Phi) is 79.2. The number of amidine groups is 1. The fourth-order valence-corrected chi connectivity index (χ4v) is 3.66. The molecule has 1 rings (SSSR count). The van der Waals surface area contributed by atoms with Crippen LogP contribution < -0.4 is 40.0 Å². The molecule has 1 heterocycles. The number of aliphatic hydroxyl groups is 2. The number of aliphatic hydroxyl groups excluding tert-OH is 2. The number of carbonyl (C=O) groups excluding carboxylic acids is 2. The van der Waals surface area contributed by atoms with Gasteiger partial charge in [0.15, 0.2) is 0 Å². The summed E-state index contributed by atoms with van der Waals surface area (Å²) in [5.74, 6) is -1.20. The van der Waals surface area contributed by atoms with E-state index in [1.807, 2.05) is 13.8 Å². The molecule has 256 valence electrons. The van der Waals surface area contributed by atoms with Crippen molar-refractivity contribution in [2.75, 3.05) is 26.4 Å². The first-order valence-corrected chi connectivity index (χ1v) is 15.2. The Balaban J connectivity index is -0.0000000692. The van der Waals surface area contributed by atoms with E-state index in [1.54, 1.807) is 6.92 Å². The predicted octanol–water partition coefficient (Wildman–Crippen LogP) is 4.34. The number of rotatable bonds is 15. The fraction of sp³-hybridized carbons (Fsp3) is 0.629. The summed E-state index contributed by atoms with van der Waals surface area (Å²) in [6.45, 7) is 41.8. The van der Waals surface area contributed by atoms with E-state index in [4.69, 9.17) is 14.9 Å². The number of hydrogen-bond acceptors (Lipinski definition) is 6. The second-order valence-electron chi connectivity index (χ2n) is 8.37. The van der Waals surface area contributed by atoms with Crippen LogP contribution in [0.5, 0.6) is 0 Å². The maximum Gasteiger partial charge on any atom is 1.00 e. The van der Waals surface area contributed by atoms with E-state index in [0.29, 0.717) is 6.42 Å². The number of ether oxygens (including phenoxy) is 1. The number of hydrogen-bond donors (Lipinski definition) is 3. The number of nitrogens with zero attached hydrogens (tertiary/aromatic N) is 1. The van der Waals surface area contributed by atoms with Crippen molar-refractivity contribution >= 4 is 17.8 Å². The van der Waals surface area contributed by atoms with Gasteiger partial charge in [0.2, 0.25) is 5.91 Å². The van der Waals surface area contributed by atoms with Gasteiger partial charge >= 0.3 is 29.6 Å². The molecule has 0 aromatic carbocycles. The minimum absolute atomic E-state index is 0. The number of unbranched alkanes of at least 4 members (excludes halogenated alkanes) is 6. The molecule has 1 aliphatic rings. The average molecular weight is 637 g/mol. The van der Waals surface area contributed by atoms with Gasteiger partial charge in [-0.25, -0.2) is 4.99 Å². The summed E-state index contributed by atoms with van der Waals surface area (Å²) in [7, 11) is 0. The average Bonchev–Trinajstić information content (AvgIpc) is 3.05. The molecule has 2 atom stereocenters. The Morgan fingerprint density at radius 2 is 1.14 bits per heavy atom. The molecule has 0 bridgehead atoms. The van der Waals surface area contributed by atoms with Crippen molar-refractivity contribution in [3.8, 4) is 0 Å². The van der Waals surface area contributed by atoms with Crippen molar-refractivity contribution in [2.24, 2.45) is 16.3 Å². The van der Waals surface area contributed by atoms with E-state index < -0.39 is 23.3 Å². The third kappa shape index (κ3) is 36.4. The van der Waals surface area contributed by atoms with Gasteiger partial charge in [0.05, 0.1) is 19.2 Å². The standard InChI is InChI=1S/C12H26O.C11H18N2O3.C2H6O2.5C2H4.Na/c1-3-5-7-9-11-13-12-10-8-6-4-2;1-4-6-7(3)11(5-2)8(14)12-10(16)13-9(11)15;3-1-2-4;5*1-2;/h3-12H2,1-2H3;7H,4-6H2,1-3H3,(H2,12,13,14,15,16);3-4H,1-2H2;5*1-2H2;/q;;;;;;;;+1/p-1. The summed E-state index contributed by atoms with van der Waals surface area (Å²) < 4.78 is 5.53. The molecule has 0 spiro atoms. The molecule has 0 aromatic heterocycles. The minimum atomic E-state index is -1.15. The van der Waals surface area contributed by atoms with E-state index in [0.717, 1.165) is 26.1 Å². The van der Waals surface area contributed by atoms with Crippen LogP contribution in [0.1, 0.15) is 105 Å². The zero-order chi connectivity index (χ0) is 35.5. The van der Waals surface area contributed by atoms with Crippen LogP contribution in [0.15, 0.2) is 70.8 Å². The van der Waals surface area contributed by atoms with Crippen molar-refractivity contribution in [2.45, 2.75) is 105 Å². The van der Waals surface area contributed by atoms with Gasteiger partial charge in [0.1, 0.15) is 5.41 Å². The molecule has 9 heteroatoms. The Morgan fingerprint density at radius 1 is 0.750 bits per heavy atom. The zero-order valence-electron chi connectivity index (χ0n) is 29.7. The molecule has 0 fully saturated rings. The van der Waals surface area contributed by atoms with Crippen LogP contribution in [0.4, 0.5) is 0 Å². The molecule has 44 heavy (non-hydrogen) atoms. The second kappa shape index (κ2) is 56.9. The summed E-state index contributed by atoms with van der Waals surface area (Å²) >= 11 is 0. The molecule has 8 nitrogen and oxygen atoms in total. The van der Waals surface area contributed by atoms with Gasteiger partial charge in [0, 0.05) is 13.2 Å². The van der Waals surface area contributed by atoms with E-state index in [2.05, 4.69) is 89.9 Å².